The van der Waals surface area contributed by atoms with Crippen molar-refractivity contribution in [1.82, 2.24) is 0 Å². The van der Waals surface area contributed by atoms with E-state index in [0.29, 0.717) is 0 Å². The molecular formula is C23H34O15. The van der Waals surface area contributed by atoms with Crippen molar-refractivity contribution in [2.24, 2.45) is 11.8 Å². The van der Waals surface area contributed by atoms with E-state index in [-0.39, 0.29) is 18.6 Å². The second-order valence-electron chi connectivity index (χ2n) is 9.47. The summed E-state index contributed by atoms with van der Waals surface area (Å²) in [6.07, 6.45) is -13.9. The Balaban J connectivity index is 1.52. The quantitative estimate of drug-likeness (QED) is 0.119. The van der Waals surface area contributed by atoms with Crippen LogP contribution >= 0.6 is 0 Å². The average molecular weight is 551 g/mol. The topological polar surface area (TPSA) is 223 Å². The molecule has 0 unspecified atom stereocenters. The largest absolute Gasteiger partial charge is 0.471 e. The van der Waals surface area contributed by atoms with E-state index in [0.717, 1.165) is 6.26 Å². The van der Waals surface area contributed by atoms with Crippen molar-refractivity contribution >= 4 is 5.97 Å². The smallest absolute Gasteiger partial charge is 0.337 e. The average Bonchev–Trinajstić information content (AvgIpc) is 2.92. The number of aliphatic hydroxyl groups excluding tert-OH is 7. The maximum absolute atomic E-state index is 12.5. The first-order chi connectivity index (χ1) is 18.1. The van der Waals surface area contributed by atoms with Gasteiger partial charge < -0.3 is 68.9 Å². The molecule has 0 aromatic heterocycles. The summed E-state index contributed by atoms with van der Waals surface area (Å²) in [5, 5.41) is 70.0. The summed E-state index contributed by atoms with van der Waals surface area (Å²) in [5.41, 5.74) is 0.0799. The van der Waals surface area contributed by atoms with Crippen LogP contribution in [0, 0.1) is 11.8 Å². The van der Waals surface area contributed by atoms with Gasteiger partial charge in [-0.15, -0.1) is 6.58 Å². The lowest BCUT2D eigenvalue weighted by Gasteiger charge is -2.46. The molecule has 4 heterocycles. The molecule has 7 N–H and O–H groups in total. The molecule has 15 nitrogen and oxygen atoms in total. The molecule has 0 aromatic rings. The molecule has 3 saturated heterocycles. The number of methoxy groups -OCH3 is 1. The summed E-state index contributed by atoms with van der Waals surface area (Å²) >= 11 is 0. The summed E-state index contributed by atoms with van der Waals surface area (Å²) in [5.74, 6) is -2.28. The fraction of sp³-hybridized carbons (Fsp3) is 0.783. The standard InChI is InChI=1S/C23H34O15/c1-3-8-9(4-13-33-7-12-19(37-13)16(27)17(28)21(31)35-12)10(20(30)32-2)6-34-22(8)38-23-18(29)15(26)14(25)11(5-24)36-23/h3,6,8-9,11-19,21-29,31H,1,4-5,7H2,2H3/t8-,9+,11-,12-,13-,14-,15+,16-,17-,18-,19-,21+,22+,23+/m1/s1. The van der Waals surface area contributed by atoms with E-state index in [1.165, 1.54) is 13.2 Å². The van der Waals surface area contributed by atoms with Gasteiger partial charge in [-0.2, -0.15) is 0 Å². The van der Waals surface area contributed by atoms with Crippen LogP contribution in [0.5, 0.6) is 0 Å². The first kappa shape index (κ1) is 29.3. The normalized spacial score (nSPS) is 47.3. The summed E-state index contributed by atoms with van der Waals surface area (Å²) in [6, 6.07) is 0. The van der Waals surface area contributed by atoms with Crippen LogP contribution in [0.3, 0.4) is 0 Å². The van der Waals surface area contributed by atoms with Gasteiger partial charge in [0.15, 0.2) is 18.9 Å². The van der Waals surface area contributed by atoms with E-state index < -0.39 is 98.4 Å². The zero-order chi connectivity index (χ0) is 27.7. The molecule has 4 rings (SSSR count). The first-order valence-corrected chi connectivity index (χ1v) is 12.1. The number of esters is 1. The van der Waals surface area contributed by atoms with Gasteiger partial charge in [-0.3, -0.25) is 0 Å². The number of fused-ring (bicyclic) bond motifs is 1. The van der Waals surface area contributed by atoms with Crippen LogP contribution < -0.4 is 0 Å². The van der Waals surface area contributed by atoms with E-state index in [4.69, 9.17) is 33.2 Å². The lowest BCUT2D eigenvalue weighted by atomic mass is 9.81. The highest BCUT2D eigenvalue weighted by Gasteiger charge is 2.51. The molecule has 0 bridgehead atoms. The van der Waals surface area contributed by atoms with Crippen molar-refractivity contribution in [2.45, 2.75) is 80.4 Å². The molecular weight excluding hydrogens is 516 g/mol. The predicted octanol–water partition coefficient (Wildman–Crippen LogP) is -3.79. The van der Waals surface area contributed by atoms with Gasteiger partial charge in [-0.05, 0) is 0 Å². The molecule has 0 aliphatic carbocycles. The van der Waals surface area contributed by atoms with Crippen molar-refractivity contribution in [2.75, 3.05) is 20.3 Å². The third-order valence-electron chi connectivity index (χ3n) is 7.18. The lowest BCUT2D eigenvalue weighted by Crippen LogP contribution is -2.63. The van der Waals surface area contributed by atoms with Crippen molar-refractivity contribution < 1.29 is 73.7 Å². The third-order valence-corrected chi connectivity index (χ3v) is 7.18. The highest BCUT2D eigenvalue weighted by atomic mass is 16.8. The van der Waals surface area contributed by atoms with E-state index in [1.807, 2.05) is 0 Å². The molecule has 216 valence electrons. The van der Waals surface area contributed by atoms with Crippen molar-refractivity contribution in [3.8, 4) is 0 Å². The van der Waals surface area contributed by atoms with Crippen LogP contribution in [0.15, 0.2) is 24.5 Å². The number of hydrogen-bond donors (Lipinski definition) is 7. The van der Waals surface area contributed by atoms with Gasteiger partial charge in [-0.1, -0.05) is 6.08 Å². The minimum Gasteiger partial charge on any atom is -0.471 e. The maximum atomic E-state index is 12.5. The lowest BCUT2D eigenvalue weighted by molar-refractivity contribution is -0.356. The minimum absolute atomic E-state index is 0.00981. The van der Waals surface area contributed by atoms with Crippen LogP contribution in [-0.4, -0.2) is 136 Å². The molecule has 0 aromatic carbocycles. The number of aliphatic hydroxyl groups is 7. The Bertz CT molecular complexity index is 864. The SMILES string of the molecule is C=C[C@H]1[C@H](O[C@@H]2O[C@H](CO)[C@@H](O)[C@H](O)[C@H]2O)OC=C(C(=O)OC)[C@H]1C[C@@H]1OC[C@H]2O[C@H](O)[C@H](O)[C@@H](O)[C@@H]2O1. The molecule has 14 atom stereocenters. The monoisotopic (exact) mass is 550 g/mol. The third kappa shape index (κ3) is 5.60. The Kier molecular flexibility index (Phi) is 9.39. The second kappa shape index (κ2) is 12.2. The zero-order valence-corrected chi connectivity index (χ0v) is 20.5. The van der Waals surface area contributed by atoms with Gasteiger partial charge in [0.05, 0.1) is 32.2 Å². The molecule has 15 heteroatoms. The van der Waals surface area contributed by atoms with Crippen molar-refractivity contribution in [1.29, 1.82) is 0 Å². The number of rotatable bonds is 7. The molecule has 4 aliphatic heterocycles. The van der Waals surface area contributed by atoms with Crippen LogP contribution in [0.25, 0.3) is 0 Å². The molecule has 0 radical (unpaired) electrons. The molecule has 0 saturated carbocycles. The van der Waals surface area contributed by atoms with Gasteiger partial charge in [0.1, 0.15) is 48.8 Å². The fourth-order valence-electron chi connectivity index (χ4n) is 5.00. The van der Waals surface area contributed by atoms with E-state index in [1.54, 1.807) is 0 Å². The van der Waals surface area contributed by atoms with Crippen LogP contribution in [0.2, 0.25) is 0 Å². The molecule has 0 spiro atoms. The van der Waals surface area contributed by atoms with Gasteiger partial charge in [0, 0.05) is 18.3 Å². The number of carbonyl (C=O) groups excluding carboxylic acids is 1. The Morgan fingerprint density at radius 1 is 1.03 bits per heavy atom. The van der Waals surface area contributed by atoms with Gasteiger partial charge in [0.25, 0.3) is 0 Å². The number of hydrogen-bond acceptors (Lipinski definition) is 15. The summed E-state index contributed by atoms with van der Waals surface area (Å²) in [4.78, 5) is 12.5. The molecule has 38 heavy (non-hydrogen) atoms. The van der Waals surface area contributed by atoms with E-state index in [2.05, 4.69) is 6.58 Å². The summed E-state index contributed by atoms with van der Waals surface area (Å²) in [7, 11) is 1.18. The number of ether oxygens (including phenoxy) is 7. The van der Waals surface area contributed by atoms with Crippen molar-refractivity contribution in [3.05, 3.63) is 24.5 Å². The zero-order valence-electron chi connectivity index (χ0n) is 20.5. The predicted molar refractivity (Wildman–Crippen MR) is 119 cm³/mol. The highest BCUT2D eigenvalue weighted by Crippen LogP contribution is 2.39. The fourth-order valence-corrected chi connectivity index (χ4v) is 5.00. The Hall–Kier alpha value is -1.73. The maximum Gasteiger partial charge on any atom is 0.337 e. The molecule has 4 aliphatic rings. The van der Waals surface area contributed by atoms with E-state index >= 15 is 0 Å². The van der Waals surface area contributed by atoms with Gasteiger partial charge in [0.2, 0.25) is 6.29 Å². The van der Waals surface area contributed by atoms with Crippen LogP contribution in [0.1, 0.15) is 6.42 Å². The van der Waals surface area contributed by atoms with Gasteiger partial charge >= 0.3 is 5.97 Å². The van der Waals surface area contributed by atoms with Crippen LogP contribution in [-0.2, 0) is 38.0 Å². The van der Waals surface area contributed by atoms with Crippen LogP contribution in [0.4, 0.5) is 0 Å². The minimum atomic E-state index is -1.69. The first-order valence-electron chi connectivity index (χ1n) is 12.1. The van der Waals surface area contributed by atoms with Gasteiger partial charge in [-0.25, -0.2) is 4.79 Å². The molecule has 3 fully saturated rings. The Morgan fingerprint density at radius 2 is 1.76 bits per heavy atom. The van der Waals surface area contributed by atoms with E-state index in [9.17, 15) is 40.5 Å². The summed E-state index contributed by atoms with van der Waals surface area (Å²) < 4.78 is 38.4. The molecule has 0 amide bonds. The highest BCUT2D eigenvalue weighted by molar-refractivity contribution is 5.89. The van der Waals surface area contributed by atoms with Crippen molar-refractivity contribution in [3.63, 3.8) is 0 Å². The second-order valence-corrected chi connectivity index (χ2v) is 9.47. The number of carbonyl (C=O) groups is 1. The summed E-state index contributed by atoms with van der Waals surface area (Å²) in [6.45, 7) is 3.05. The Labute approximate surface area is 217 Å². The Morgan fingerprint density at radius 3 is 2.42 bits per heavy atom.